The van der Waals surface area contributed by atoms with Gasteiger partial charge in [-0.15, -0.1) is 0 Å². The number of pyridine rings is 1. The van der Waals surface area contributed by atoms with Crippen molar-refractivity contribution in [2.24, 2.45) is 5.92 Å². The lowest BCUT2D eigenvalue weighted by molar-refractivity contribution is -0.0690. The Bertz CT molecular complexity index is 489. The summed E-state index contributed by atoms with van der Waals surface area (Å²) in [4.78, 5) is 9.70. The molecule has 23 heavy (non-hydrogen) atoms. The average molecular weight is 317 g/mol. The third-order valence-electron chi connectivity index (χ3n) is 5.16. The van der Waals surface area contributed by atoms with Crippen molar-refractivity contribution in [2.45, 2.75) is 52.2 Å². The molecule has 128 valence electrons. The van der Waals surface area contributed by atoms with E-state index in [1.807, 2.05) is 0 Å². The van der Waals surface area contributed by atoms with Crippen LogP contribution in [0.1, 0.15) is 38.8 Å². The lowest BCUT2D eigenvalue weighted by atomic mass is 9.93. The van der Waals surface area contributed by atoms with Crippen LogP contribution >= 0.6 is 0 Å². The highest BCUT2D eigenvalue weighted by Crippen LogP contribution is 2.25. The van der Waals surface area contributed by atoms with Crippen molar-refractivity contribution in [1.29, 1.82) is 0 Å². The molecule has 0 aliphatic carbocycles. The molecule has 4 heteroatoms. The molecule has 2 atom stereocenters. The first kappa shape index (κ1) is 16.7. The number of anilines is 1. The molecule has 0 amide bonds. The molecular weight excluding hydrogens is 286 g/mol. The Kier molecular flexibility index (Phi) is 5.54. The van der Waals surface area contributed by atoms with Crippen molar-refractivity contribution < 1.29 is 4.74 Å². The Morgan fingerprint density at radius 3 is 2.48 bits per heavy atom. The van der Waals surface area contributed by atoms with E-state index in [4.69, 9.17) is 4.74 Å². The topological polar surface area (TPSA) is 28.6 Å². The molecule has 0 radical (unpaired) electrons. The van der Waals surface area contributed by atoms with Crippen LogP contribution in [0.4, 0.5) is 5.82 Å². The molecule has 0 bridgehead atoms. The number of ether oxygens (including phenoxy) is 1. The van der Waals surface area contributed by atoms with Gasteiger partial charge in [-0.2, -0.15) is 0 Å². The van der Waals surface area contributed by atoms with Crippen molar-refractivity contribution in [3.8, 4) is 0 Å². The highest BCUT2D eigenvalue weighted by Gasteiger charge is 2.24. The molecule has 2 aliphatic heterocycles. The van der Waals surface area contributed by atoms with Crippen LogP contribution in [-0.4, -0.2) is 54.8 Å². The van der Waals surface area contributed by atoms with E-state index in [-0.39, 0.29) is 0 Å². The third-order valence-corrected chi connectivity index (χ3v) is 5.16. The van der Waals surface area contributed by atoms with Crippen molar-refractivity contribution >= 4 is 5.82 Å². The van der Waals surface area contributed by atoms with Crippen LogP contribution in [0.3, 0.4) is 0 Å². The Morgan fingerprint density at radius 2 is 1.83 bits per heavy atom. The quantitative estimate of drug-likeness (QED) is 0.853. The van der Waals surface area contributed by atoms with Gasteiger partial charge in [0.15, 0.2) is 0 Å². The van der Waals surface area contributed by atoms with Crippen LogP contribution in [0.5, 0.6) is 0 Å². The minimum atomic E-state index is 0.382. The smallest absolute Gasteiger partial charge is 0.128 e. The van der Waals surface area contributed by atoms with Crippen molar-refractivity contribution in [3.63, 3.8) is 0 Å². The lowest BCUT2D eigenvalue weighted by Crippen LogP contribution is -2.46. The number of hydrogen-bond acceptors (Lipinski definition) is 4. The first-order valence-corrected chi connectivity index (χ1v) is 9.16. The van der Waals surface area contributed by atoms with Crippen LogP contribution in [0.25, 0.3) is 0 Å². The number of aryl methyl sites for hydroxylation is 1. The summed E-state index contributed by atoms with van der Waals surface area (Å²) < 4.78 is 5.83. The summed E-state index contributed by atoms with van der Waals surface area (Å²) in [5, 5.41) is 0. The monoisotopic (exact) mass is 317 g/mol. The SMILES string of the molecule is Cc1cccc(N2CCC(CCN3CC(C)OC(C)C3)CC2)n1. The number of piperidine rings is 1. The Labute approximate surface area is 140 Å². The highest BCUT2D eigenvalue weighted by molar-refractivity contribution is 5.39. The molecule has 1 aromatic heterocycles. The zero-order chi connectivity index (χ0) is 16.2. The molecule has 3 heterocycles. The molecule has 0 saturated carbocycles. The first-order valence-electron chi connectivity index (χ1n) is 9.16. The van der Waals surface area contributed by atoms with Gasteiger partial charge in [-0.05, 0) is 64.6 Å². The zero-order valence-electron chi connectivity index (χ0n) is 14.9. The second-order valence-corrected chi connectivity index (χ2v) is 7.37. The number of aromatic nitrogens is 1. The zero-order valence-corrected chi connectivity index (χ0v) is 14.9. The lowest BCUT2D eigenvalue weighted by Gasteiger charge is -2.37. The molecule has 3 rings (SSSR count). The van der Waals surface area contributed by atoms with E-state index in [1.54, 1.807) is 0 Å². The van der Waals surface area contributed by atoms with Gasteiger partial charge in [-0.1, -0.05) is 6.07 Å². The Balaban J connectivity index is 1.42. The van der Waals surface area contributed by atoms with E-state index in [9.17, 15) is 0 Å². The van der Waals surface area contributed by atoms with Gasteiger partial charge in [0.25, 0.3) is 0 Å². The largest absolute Gasteiger partial charge is 0.373 e. The van der Waals surface area contributed by atoms with E-state index in [0.29, 0.717) is 12.2 Å². The summed E-state index contributed by atoms with van der Waals surface area (Å²) in [6.45, 7) is 12.2. The van der Waals surface area contributed by atoms with Gasteiger partial charge in [-0.25, -0.2) is 4.98 Å². The fourth-order valence-corrected chi connectivity index (χ4v) is 3.99. The van der Waals surface area contributed by atoms with Gasteiger partial charge in [0.1, 0.15) is 5.82 Å². The summed E-state index contributed by atoms with van der Waals surface area (Å²) in [5.41, 5.74) is 1.11. The summed E-state index contributed by atoms with van der Waals surface area (Å²) in [7, 11) is 0. The third kappa shape index (κ3) is 4.67. The number of rotatable bonds is 4. The van der Waals surface area contributed by atoms with Gasteiger partial charge >= 0.3 is 0 Å². The molecule has 2 saturated heterocycles. The van der Waals surface area contributed by atoms with Crippen molar-refractivity contribution in [2.75, 3.05) is 37.6 Å². The van der Waals surface area contributed by atoms with Gasteiger partial charge < -0.3 is 9.64 Å². The molecule has 2 fully saturated rings. The van der Waals surface area contributed by atoms with Crippen molar-refractivity contribution in [3.05, 3.63) is 23.9 Å². The van der Waals surface area contributed by atoms with Crippen molar-refractivity contribution in [1.82, 2.24) is 9.88 Å². The maximum Gasteiger partial charge on any atom is 0.128 e. The van der Waals surface area contributed by atoms with E-state index in [1.165, 1.54) is 25.8 Å². The minimum absolute atomic E-state index is 0.382. The normalized spacial score (nSPS) is 27.3. The van der Waals surface area contributed by atoms with Gasteiger partial charge in [0, 0.05) is 31.9 Å². The maximum absolute atomic E-state index is 5.83. The molecule has 2 unspecified atom stereocenters. The van der Waals surface area contributed by atoms with Gasteiger partial charge in [0.05, 0.1) is 12.2 Å². The summed E-state index contributed by atoms with van der Waals surface area (Å²) in [5.74, 6) is 2.02. The van der Waals surface area contributed by atoms with Crippen LogP contribution in [0.2, 0.25) is 0 Å². The average Bonchev–Trinajstić information content (AvgIpc) is 2.52. The van der Waals surface area contributed by atoms with Crippen LogP contribution in [0, 0.1) is 12.8 Å². The molecule has 2 aliphatic rings. The Morgan fingerprint density at radius 1 is 1.13 bits per heavy atom. The van der Waals surface area contributed by atoms with E-state index in [2.05, 4.69) is 53.8 Å². The molecule has 0 aromatic carbocycles. The molecular formula is C19H31N3O. The van der Waals surface area contributed by atoms with E-state index < -0.39 is 0 Å². The summed E-state index contributed by atoms with van der Waals surface area (Å²) in [6, 6.07) is 6.33. The maximum atomic E-state index is 5.83. The van der Waals surface area contributed by atoms with Crippen LogP contribution in [-0.2, 0) is 4.74 Å². The van der Waals surface area contributed by atoms with E-state index in [0.717, 1.165) is 43.6 Å². The first-order chi connectivity index (χ1) is 11.1. The summed E-state index contributed by atoms with van der Waals surface area (Å²) in [6.07, 6.45) is 4.69. The second-order valence-electron chi connectivity index (χ2n) is 7.37. The standard InChI is InChI=1S/C19H31N3O/c1-15-5-4-6-19(20-15)22-11-8-18(9-12-22)7-10-21-13-16(2)23-17(3)14-21/h4-6,16-18H,7-14H2,1-3H3. The van der Waals surface area contributed by atoms with Crippen LogP contribution < -0.4 is 4.90 Å². The molecule has 1 aromatic rings. The molecule has 0 spiro atoms. The second kappa shape index (κ2) is 7.63. The Hall–Kier alpha value is -1.13. The predicted molar refractivity (Wildman–Crippen MR) is 95.0 cm³/mol. The fraction of sp³-hybridized carbons (Fsp3) is 0.737. The number of morpholine rings is 1. The number of hydrogen-bond donors (Lipinski definition) is 0. The number of nitrogens with zero attached hydrogens (tertiary/aromatic N) is 3. The predicted octanol–water partition coefficient (Wildman–Crippen LogP) is 3.11. The minimum Gasteiger partial charge on any atom is -0.373 e. The van der Waals surface area contributed by atoms with Gasteiger partial charge in [-0.3, -0.25) is 4.90 Å². The molecule has 4 nitrogen and oxygen atoms in total. The summed E-state index contributed by atoms with van der Waals surface area (Å²) >= 11 is 0. The fourth-order valence-electron chi connectivity index (χ4n) is 3.99. The van der Waals surface area contributed by atoms with E-state index >= 15 is 0 Å². The molecule has 0 N–H and O–H groups in total. The van der Waals surface area contributed by atoms with Gasteiger partial charge in [0.2, 0.25) is 0 Å². The van der Waals surface area contributed by atoms with Crippen LogP contribution in [0.15, 0.2) is 18.2 Å². The highest BCUT2D eigenvalue weighted by atomic mass is 16.5.